The molecular formula is C63H115NO3. The number of allylic oxidation sites excluding steroid dienone is 11. The fourth-order valence-corrected chi connectivity index (χ4v) is 8.97. The summed E-state index contributed by atoms with van der Waals surface area (Å²) in [5.41, 5.74) is 0. The molecule has 0 radical (unpaired) electrons. The van der Waals surface area contributed by atoms with E-state index < -0.39 is 12.1 Å². The molecule has 67 heavy (non-hydrogen) atoms. The van der Waals surface area contributed by atoms with Crippen molar-refractivity contribution in [2.45, 2.75) is 315 Å². The van der Waals surface area contributed by atoms with Gasteiger partial charge in [-0.25, -0.2) is 0 Å². The van der Waals surface area contributed by atoms with Gasteiger partial charge in [-0.2, -0.15) is 0 Å². The zero-order valence-electron chi connectivity index (χ0n) is 44.9. The smallest absolute Gasteiger partial charge is 0.220 e. The highest BCUT2D eigenvalue weighted by molar-refractivity contribution is 5.76. The molecule has 390 valence electrons. The number of unbranched alkanes of at least 4 members (excludes halogenated alkanes) is 37. The summed E-state index contributed by atoms with van der Waals surface area (Å²) in [7, 11) is 0. The quantitative estimate of drug-likeness (QED) is 0.0420. The predicted octanol–water partition coefficient (Wildman–Crippen LogP) is 19.8. The molecule has 0 bridgehead atoms. The average Bonchev–Trinajstić information content (AvgIpc) is 3.33. The number of nitrogens with one attached hydrogen (secondary N) is 1. The van der Waals surface area contributed by atoms with Gasteiger partial charge in [-0.1, -0.05) is 305 Å². The van der Waals surface area contributed by atoms with Crippen LogP contribution in [-0.4, -0.2) is 34.9 Å². The maximum atomic E-state index is 12.5. The Hall–Kier alpha value is -2.17. The highest BCUT2D eigenvalue weighted by Crippen LogP contribution is 2.17. The molecule has 1 amide bonds. The van der Waals surface area contributed by atoms with Crippen LogP contribution >= 0.6 is 0 Å². The summed E-state index contributed by atoms with van der Waals surface area (Å²) >= 11 is 0. The van der Waals surface area contributed by atoms with E-state index in [1.165, 1.54) is 212 Å². The Kier molecular flexibility index (Phi) is 56.3. The van der Waals surface area contributed by atoms with E-state index in [-0.39, 0.29) is 12.5 Å². The van der Waals surface area contributed by atoms with Gasteiger partial charge in [-0.15, -0.1) is 0 Å². The fraction of sp³-hybridized carbons (Fsp3) is 0.794. The zero-order valence-corrected chi connectivity index (χ0v) is 44.9. The van der Waals surface area contributed by atoms with Gasteiger partial charge in [0.05, 0.1) is 18.8 Å². The number of hydrogen-bond donors (Lipinski definition) is 3. The fourth-order valence-electron chi connectivity index (χ4n) is 8.97. The van der Waals surface area contributed by atoms with Crippen molar-refractivity contribution in [2.75, 3.05) is 6.61 Å². The molecule has 0 aliphatic rings. The van der Waals surface area contributed by atoms with Crippen molar-refractivity contribution in [2.24, 2.45) is 0 Å². The zero-order chi connectivity index (χ0) is 48.5. The Labute approximate surface area is 419 Å². The van der Waals surface area contributed by atoms with Crippen LogP contribution in [0.5, 0.6) is 0 Å². The van der Waals surface area contributed by atoms with Gasteiger partial charge in [-0.05, 0) is 64.2 Å². The van der Waals surface area contributed by atoms with Gasteiger partial charge in [-0.3, -0.25) is 4.79 Å². The van der Waals surface area contributed by atoms with Crippen LogP contribution in [0.25, 0.3) is 0 Å². The van der Waals surface area contributed by atoms with Crippen LogP contribution in [0.1, 0.15) is 303 Å². The van der Waals surface area contributed by atoms with Gasteiger partial charge in [0.25, 0.3) is 0 Å². The molecular weight excluding hydrogens is 819 g/mol. The summed E-state index contributed by atoms with van der Waals surface area (Å²) in [6, 6.07) is -0.634. The van der Waals surface area contributed by atoms with Crippen molar-refractivity contribution in [3.8, 4) is 0 Å². The SMILES string of the molecule is CC/C=C\C/C=C\C/C=C\C/C=C\C/C=C\CCCCCCCCCC(=O)NC(CO)C(O)/C=C/CCCCCCCCCCCCCCCCCCCCCCCCCCCCCCCC. The van der Waals surface area contributed by atoms with E-state index in [1.54, 1.807) is 6.08 Å². The summed E-state index contributed by atoms with van der Waals surface area (Å²) in [4.78, 5) is 12.5. The molecule has 0 spiro atoms. The molecule has 0 saturated carbocycles. The Bertz CT molecular complexity index is 1150. The van der Waals surface area contributed by atoms with E-state index in [9.17, 15) is 15.0 Å². The predicted molar refractivity (Wildman–Crippen MR) is 299 cm³/mol. The van der Waals surface area contributed by atoms with E-state index in [0.717, 1.165) is 70.6 Å². The lowest BCUT2D eigenvalue weighted by molar-refractivity contribution is -0.123. The molecule has 0 aromatic heterocycles. The van der Waals surface area contributed by atoms with Gasteiger partial charge in [0.1, 0.15) is 0 Å². The van der Waals surface area contributed by atoms with Crippen LogP contribution in [0.15, 0.2) is 72.9 Å². The first-order chi connectivity index (χ1) is 33.2. The molecule has 0 rings (SSSR count). The van der Waals surface area contributed by atoms with E-state index >= 15 is 0 Å². The van der Waals surface area contributed by atoms with E-state index in [4.69, 9.17) is 0 Å². The Morgan fingerprint density at radius 3 is 0.985 bits per heavy atom. The lowest BCUT2D eigenvalue weighted by Crippen LogP contribution is -2.45. The van der Waals surface area contributed by atoms with Crippen molar-refractivity contribution in [1.29, 1.82) is 0 Å². The molecule has 4 heteroatoms. The van der Waals surface area contributed by atoms with Crippen LogP contribution < -0.4 is 5.32 Å². The summed E-state index contributed by atoms with van der Waals surface area (Å²) < 4.78 is 0. The van der Waals surface area contributed by atoms with Gasteiger partial charge >= 0.3 is 0 Å². The number of aliphatic hydroxyl groups excluding tert-OH is 2. The third-order valence-electron chi connectivity index (χ3n) is 13.4. The maximum absolute atomic E-state index is 12.5. The van der Waals surface area contributed by atoms with Crippen molar-refractivity contribution in [3.05, 3.63) is 72.9 Å². The lowest BCUT2D eigenvalue weighted by Gasteiger charge is -2.20. The normalized spacial score (nSPS) is 13.3. The highest BCUT2D eigenvalue weighted by Gasteiger charge is 2.18. The Morgan fingerprint density at radius 1 is 0.373 bits per heavy atom. The second kappa shape index (κ2) is 58.1. The lowest BCUT2D eigenvalue weighted by atomic mass is 10.0. The first-order valence-corrected chi connectivity index (χ1v) is 29.7. The molecule has 0 heterocycles. The van der Waals surface area contributed by atoms with Crippen molar-refractivity contribution in [3.63, 3.8) is 0 Å². The van der Waals surface area contributed by atoms with Gasteiger partial charge in [0.15, 0.2) is 0 Å². The van der Waals surface area contributed by atoms with Crippen molar-refractivity contribution in [1.82, 2.24) is 5.32 Å². The minimum absolute atomic E-state index is 0.0744. The summed E-state index contributed by atoms with van der Waals surface area (Å²) in [5, 5.41) is 23.2. The molecule has 0 aliphatic heterocycles. The Balaban J connectivity index is 3.50. The molecule has 2 atom stereocenters. The average molecular weight is 935 g/mol. The van der Waals surface area contributed by atoms with Gasteiger partial charge in [0.2, 0.25) is 5.91 Å². The molecule has 0 aliphatic carbocycles. The number of rotatable bonds is 54. The second-order valence-electron chi connectivity index (χ2n) is 20.0. The molecule has 3 N–H and O–H groups in total. The number of carbonyl (C=O) groups excluding carboxylic acids is 1. The van der Waals surface area contributed by atoms with E-state index in [2.05, 4.69) is 79.9 Å². The first-order valence-electron chi connectivity index (χ1n) is 29.7. The molecule has 4 nitrogen and oxygen atoms in total. The number of carbonyl (C=O) groups is 1. The van der Waals surface area contributed by atoms with Crippen LogP contribution in [0.3, 0.4) is 0 Å². The molecule has 0 aromatic rings. The van der Waals surface area contributed by atoms with Crippen LogP contribution in [-0.2, 0) is 4.79 Å². The van der Waals surface area contributed by atoms with Gasteiger partial charge in [0, 0.05) is 6.42 Å². The molecule has 2 unspecified atom stereocenters. The summed E-state index contributed by atoms with van der Waals surface area (Å²) in [6.45, 7) is 4.21. The van der Waals surface area contributed by atoms with E-state index in [0.29, 0.717) is 6.42 Å². The van der Waals surface area contributed by atoms with Crippen molar-refractivity contribution >= 4 is 5.91 Å². The summed E-state index contributed by atoms with van der Waals surface area (Å²) in [5.74, 6) is -0.0744. The number of amides is 1. The minimum Gasteiger partial charge on any atom is -0.394 e. The molecule has 0 saturated heterocycles. The van der Waals surface area contributed by atoms with Crippen LogP contribution in [0.2, 0.25) is 0 Å². The Morgan fingerprint density at radius 2 is 0.657 bits per heavy atom. The van der Waals surface area contributed by atoms with Crippen LogP contribution in [0, 0.1) is 0 Å². The van der Waals surface area contributed by atoms with Gasteiger partial charge < -0.3 is 15.5 Å². The minimum atomic E-state index is -0.850. The first kappa shape index (κ1) is 64.8. The van der Waals surface area contributed by atoms with Crippen molar-refractivity contribution < 1.29 is 15.0 Å². The third kappa shape index (κ3) is 54.6. The maximum Gasteiger partial charge on any atom is 0.220 e. The summed E-state index contributed by atoms with van der Waals surface area (Å²) in [6.07, 6.45) is 83.6. The van der Waals surface area contributed by atoms with E-state index in [1.807, 2.05) is 6.08 Å². The number of aliphatic hydroxyl groups is 2. The number of hydrogen-bond acceptors (Lipinski definition) is 3. The second-order valence-corrected chi connectivity index (χ2v) is 20.0. The topological polar surface area (TPSA) is 69.6 Å². The highest BCUT2D eigenvalue weighted by atomic mass is 16.3. The largest absolute Gasteiger partial charge is 0.394 e. The van der Waals surface area contributed by atoms with Crippen LogP contribution in [0.4, 0.5) is 0 Å². The monoisotopic (exact) mass is 934 g/mol. The molecule has 0 fully saturated rings. The standard InChI is InChI=1S/C63H115NO3/c1-3-5-7-9-11-13-15-17-19-21-23-25-27-28-29-30-31-32-33-34-35-37-38-40-42-44-46-48-50-52-54-56-58-62(66)61(60-65)64-63(67)59-57-55-53-51-49-47-45-43-41-39-36-26-24-22-20-18-16-14-12-10-8-6-4-2/h6,8,12,14,18,20,24,26,39,41,56,58,61-62,65-66H,3-5,7,9-11,13,15-17,19,21-23,25,27-38,40,42-55,57,59-60H2,1-2H3,(H,64,67)/b8-6-,14-12-,20-18-,26-24-,41-39-,58-56+. The third-order valence-corrected chi connectivity index (χ3v) is 13.4. The molecule has 0 aromatic carbocycles.